The van der Waals surface area contributed by atoms with Gasteiger partial charge in [0.25, 0.3) is 0 Å². The molecule has 1 fully saturated rings. The zero-order valence-electron chi connectivity index (χ0n) is 12.8. The lowest BCUT2D eigenvalue weighted by molar-refractivity contribution is -0.123. The molecule has 5 nitrogen and oxygen atoms in total. The number of hydrogen-bond donors (Lipinski definition) is 1. The van der Waals surface area contributed by atoms with Gasteiger partial charge in [0.15, 0.2) is 0 Å². The average molecular weight is 278 g/mol. The van der Waals surface area contributed by atoms with E-state index in [1.165, 1.54) is 19.3 Å². The summed E-state index contributed by atoms with van der Waals surface area (Å²) in [7, 11) is 4.20. The van der Waals surface area contributed by atoms with Gasteiger partial charge in [0, 0.05) is 24.5 Å². The molecule has 2 rings (SSSR count). The highest BCUT2D eigenvalue weighted by molar-refractivity contribution is 5.76. The number of hydrogen-bond acceptors (Lipinski definition) is 3. The first-order valence-electron chi connectivity index (χ1n) is 7.49. The number of rotatable bonds is 5. The Kier molecular flexibility index (Phi) is 5.17. The predicted molar refractivity (Wildman–Crippen MR) is 79.4 cm³/mol. The summed E-state index contributed by atoms with van der Waals surface area (Å²) in [5.41, 5.74) is 1.02. The third-order valence-electron chi connectivity index (χ3n) is 4.08. The van der Waals surface area contributed by atoms with Crippen molar-refractivity contribution in [1.82, 2.24) is 20.0 Å². The minimum atomic E-state index is 0.0763. The molecule has 2 atom stereocenters. The third kappa shape index (κ3) is 4.07. The van der Waals surface area contributed by atoms with Gasteiger partial charge >= 0.3 is 0 Å². The van der Waals surface area contributed by atoms with Crippen LogP contribution in [0.4, 0.5) is 0 Å². The number of amides is 1. The first-order chi connectivity index (χ1) is 9.56. The smallest absolute Gasteiger partial charge is 0.241 e. The Labute approximate surface area is 121 Å². The maximum Gasteiger partial charge on any atom is 0.241 e. The topological polar surface area (TPSA) is 50.2 Å². The zero-order valence-corrected chi connectivity index (χ0v) is 12.8. The molecule has 0 bridgehead atoms. The summed E-state index contributed by atoms with van der Waals surface area (Å²) in [6.07, 6.45) is 6.54. The molecule has 1 aromatic rings. The van der Waals surface area contributed by atoms with E-state index in [1.54, 1.807) is 10.9 Å². The van der Waals surface area contributed by atoms with Crippen LogP contribution in [0.15, 0.2) is 12.3 Å². The van der Waals surface area contributed by atoms with Crippen LogP contribution in [0.5, 0.6) is 0 Å². The van der Waals surface area contributed by atoms with Crippen molar-refractivity contribution in [2.45, 2.75) is 45.2 Å². The van der Waals surface area contributed by atoms with Gasteiger partial charge in [0.2, 0.25) is 5.91 Å². The summed E-state index contributed by atoms with van der Waals surface area (Å²) in [5.74, 6) is 0.647. The summed E-state index contributed by atoms with van der Waals surface area (Å²) >= 11 is 0. The Hall–Kier alpha value is -1.36. The van der Waals surface area contributed by atoms with Crippen LogP contribution < -0.4 is 5.32 Å². The zero-order chi connectivity index (χ0) is 14.5. The molecule has 0 aliphatic heterocycles. The van der Waals surface area contributed by atoms with E-state index in [9.17, 15) is 4.79 Å². The Bertz CT molecular complexity index is 441. The van der Waals surface area contributed by atoms with Crippen molar-refractivity contribution >= 4 is 5.91 Å². The molecule has 1 amide bonds. The molecule has 0 saturated heterocycles. The number of nitrogens with one attached hydrogen (secondary N) is 1. The summed E-state index contributed by atoms with van der Waals surface area (Å²) < 4.78 is 1.75. The predicted octanol–water partition coefficient (Wildman–Crippen LogP) is 1.43. The molecule has 1 aliphatic rings. The van der Waals surface area contributed by atoms with Gasteiger partial charge in [0.05, 0.1) is 0 Å². The van der Waals surface area contributed by atoms with Crippen LogP contribution in [-0.2, 0) is 11.3 Å². The number of aryl methyl sites for hydroxylation is 1. The van der Waals surface area contributed by atoms with Crippen LogP contribution in [0.2, 0.25) is 0 Å². The van der Waals surface area contributed by atoms with Crippen molar-refractivity contribution in [3.8, 4) is 0 Å². The fourth-order valence-corrected chi connectivity index (χ4v) is 3.04. The standard InChI is InChI=1S/C15H26N4O/c1-12-8-9-16-19(12)11-15(20)17-14-7-5-4-6-13(14)10-18(2)3/h8-9,13-14H,4-7,10-11H2,1-3H3,(H,17,20). The normalized spacial score (nSPS) is 23.0. The van der Waals surface area contributed by atoms with Crippen LogP contribution in [0.3, 0.4) is 0 Å². The summed E-state index contributed by atoms with van der Waals surface area (Å²) in [5, 5.41) is 7.38. The van der Waals surface area contributed by atoms with Crippen molar-refractivity contribution in [2.24, 2.45) is 5.92 Å². The lowest BCUT2D eigenvalue weighted by Crippen LogP contribution is -2.46. The van der Waals surface area contributed by atoms with Crippen molar-refractivity contribution in [1.29, 1.82) is 0 Å². The molecule has 1 heterocycles. The van der Waals surface area contributed by atoms with E-state index in [1.807, 2.05) is 13.0 Å². The molecule has 2 unspecified atom stereocenters. The van der Waals surface area contributed by atoms with Crippen LogP contribution in [-0.4, -0.2) is 47.3 Å². The molecule has 1 saturated carbocycles. The Morgan fingerprint density at radius 3 is 2.85 bits per heavy atom. The maximum absolute atomic E-state index is 12.2. The molecular formula is C15H26N4O. The molecule has 112 valence electrons. The molecule has 1 aromatic heterocycles. The van der Waals surface area contributed by atoms with E-state index >= 15 is 0 Å². The highest BCUT2D eigenvalue weighted by Crippen LogP contribution is 2.24. The average Bonchev–Trinajstić information content (AvgIpc) is 2.77. The number of carbonyl (C=O) groups is 1. The highest BCUT2D eigenvalue weighted by Gasteiger charge is 2.26. The Morgan fingerprint density at radius 1 is 1.45 bits per heavy atom. The molecular weight excluding hydrogens is 252 g/mol. The minimum absolute atomic E-state index is 0.0763. The lowest BCUT2D eigenvalue weighted by Gasteiger charge is -2.34. The van der Waals surface area contributed by atoms with E-state index in [0.29, 0.717) is 18.5 Å². The second-order valence-electron chi connectivity index (χ2n) is 6.11. The van der Waals surface area contributed by atoms with E-state index in [0.717, 1.165) is 18.7 Å². The summed E-state index contributed by atoms with van der Waals surface area (Å²) in [6.45, 7) is 3.34. The van der Waals surface area contributed by atoms with Crippen LogP contribution in [0.1, 0.15) is 31.4 Å². The van der Waals surface area contributed by atoms with E-state index in [2.05, 4.69) is 29.4 Å². The molecule has 0 spiro atoms. The number of carbonyl (C=O) groups excluding carboxylic acids is 1. The first-order valence-corrected chi connectivity index (χ1v) is 7.49. The third-order valence-corrected chi connectivity index (χ3v) is 4.08. The van der Waals surface area contributed by atoms with E-state index < -0.39 is 0 Å². The van der Waals surface area contributed by atoms with E-state index in [-0.39, 0.29) is 5.91 Å². The van der Waals surface area contributed by atoms with Crippen LogP contribution in [0.25, 0.3) is 0 Å². The van der Waals surface area contributed by atoms with Gasteiger partial charge in [-0.1, -0.05) is 12.8 Å². The van der Waals surface area contributed by atoms with Crippen LogP contribution in [0, 0.1) is 12.8 Å². The number of nitrogens with zero attached hydrogens (tertiary/aromatic N) is 3. The fourth-order valence-electron chi connectivity index (χ4n) is 3.04. The molecule has 1 aliphatic carbocycles. The monoisotopic (exact) mass is 278 g/mol. The van der Waals surface area contributed by atoms with Crippen molar-refractivity contribution in [3.05, 3.63) is 18.0 Å². The number of aromatic nitrogens is 2. The van der Waals surface area contributed by atoms with Crippen LogP contribution >= 0.6 is 0 Å². The molecule has 0 radical (unpaired) electrons. The molecule has 5 heteroatoms. The first kappa shape index (κ1) is 15.0. The van der Waals surface area contributed by atoms with Gasteiger partial charge in [-0.2, -0.15) is 5.10 Å². The maximum atomic E-state index is 12.2. The largest absolute Gasteiger partial charge is 0.351 e. The van der Waals surface area contributed by atoms with E-state index in [4.69, 9.17) is 0 Å². The second kappa shape index (κ2) is 6.88. The van der Waals surface area contributed by atoms with Crippen molar-refractivity contribution in [3.63, 3.8) is 0 Å². The van der Waals surface area contributed by atoms with Gasteiger partial charge < -0.3 is 10.2 Å². The second-order valence-corrected chi connectivity index (χ2v) is 6.11. The minimum Gasteiger partial charge on any atom is -0.351 e. The fraction of sp³-hybridized carbons (Fsp3) is 0.733. The molecule has 0 aromatic carbocycles. The SMILES string of the molecule is Cc1ccnn1CC(=O)NC1CCCCC1CN(C)C. The summed E-state index contributed by atoms with van der Waals surface area (Å²) in [4.78, 5) is 14.4. The van der Waals surface area contributed by atoms with Crippen molar-refractivity contribution < 1.29 is 4.79 Å². The van der Waals surface area contributed by atoms with Gasteiger partial charge in [-0.15, -0.1) is 0 Å². The Balaban J connectivity index is 1.89. The lowest BCUT2D eigenvalue weighted by atomic mass is 9.84. The van der Waals surface area contributed by atoms with Crippen molar-refractivity contribution in [2.75, 3.05) is 20.6 Å². The quantitative estimate of drug-likeness (QED) is 0.886. The van der Waals surface area contributed by atoms with Gasteiger partial charge in [0.1, 0.15) is 6.54 Å². The highest BCUT2D eigenvalue weighted by atomic mass is 16.2. The molecule has 1 N–H and O–H groups in total. The summed E-state index contributed by atoms with van der Waals surface area (Å²) in [6, 6.07) is 2.23. The van der Waals surface area contributed by atoms with Gasteiger partial charge in [-0.3, -0.25) is 9.48 Å². The molecule has 20 heavy (non-hydrogen) atoms. The van der Waals surface area contributed by atoms with Gasteiger partial charge in [-0.25, -0.2) is 0 Å². The van der Waals surface area contributed by atoms with Gasteiger partial charge in [-0.05, 0) is 45.8 Å². The Morgan fingerprint density at radius 2 is 2.20 bits per heavy atom.